The molecule has 1 atom stereocenters. The minimum atomic E-state index is 0.472. The fourth-order valence-electron chi connectivity index (χ4n) is 2.98. The van der Waals surface area contributed by atoms with Crippen LogP contribution in [0.5, 0.6) is 0 Å². The van der Waals surface area contributed by atoms with Gasteiger partial charge in [0.15, 0.2) is 0 Å². The number of aryl methyl sites for hydroxylation is 2. The molecule has 1 fully saturated rings. The van der Waals surface area contributed by atoms with Crippen LogP contribution in [0.25, 0.3) is 0 Å². The molecule has 1 aromatic rings. The Morgan fingerprint density at radius 2 is 2.15 bits per heavy atom. The molecule has 2 heterocycles. The van der Waals surface area contributed by atoms with E-state index in [0.29, 0.717) is 12.0 Å². The van der Waals surface area contributed by atoms with E-state index in [1.54, 1.807) is 4.68 Å². The van der Waals surface area contributed by atoms with Gasteiger partial charge in [-0.2, -0.15) is 5.10 Å². The normalized spacial score (nSPS) is 18.4. The molecule has 0 bridgehead atoms. The molecular weight excluding hydrogens is 274 g/mol. The van der Waals surface area contributed by atoms with Gasteiger partial charge in [0.25, 0.3) is 0 Å². The monoisotopic (exact) mass is 299 g/mol. The van der Waals surface area contributed by atoms with Crippen molar-refractivity contribution >= 4 is 11.6 Å². The first-order valence-corrected chi connectivity index (χ1v) is 8.00. The maximum absolute atomic E-state index is 6.38. The summed E-state index contributed by atoms with van der Waals surface area (Å²) in [7, 11) is 1.90. The van der Waals surface area contributed by atoms with Gasteiger partial charge in [-0.1, -0.05) is 18.5 Å². The van der Waals surface area contributed by atoms with E-state index in [1.165, 1.54) is 5.56 Å². The molecule has 0 aliphatic carbocycles. The van der Waals surface area contributed by atoms with Crippen LogP contribution >= 0.6 is 11.6 Å². The molecule has 0 saturated carbocycles. The number of nitrogens with one attached hydrogen (secondary N) is 1. The van der Waals surface area contributed by atoms with E-state index < -0.39 is 0 Å². The third kappa shape index (κ3) is 3.74. The Bertz CT molecular complexity index is 427. The summed E-state index contributed by atoms with van der Waals surface area (Å²) in [5.41, 5.74) is 2.24. The number of ether oxygens (including phenoxy) is 1. The highest BCUT2D eigenvalue weighted by Crippen LogP contribution is 2.26. The zero-order valence-corrected chi connectivity index (χ0v) is 13.5. The summed E-state index contributed by atoms with van der Waals surface area (Å²) in [6.07, 6.45) is 4.39. The highest BCUT2D eigenvalue weighted by Gasteiger charge is 2.26. The fraction of sp³-hybridized carbons (Fsp3) is 0.800. The first-order chi connectivity index (χ1) is 9.63. The number of hydrogen-bond donors (Lipinski definition) is 1. The molecule has 20 heavy (non-hydrogen) atoms. The van der Waals surface area contributed by atoms with Crippen LogP contribution in [0.1, 0.15) is 37.4 Å². The second kappa shape index (κ2) is 7.43. The smallest absolute Gasteiger partial charge is 0.130 e. The summed E-state index contributed by atoms with van der Waals surface area (Å²) < 4.78 is 7.26. The van der Waals surface area contributed by atoms with Crippen LogP contribution in [-0.4, -0.2) is 35.6 Å². The number of hydrogen-bond acceptors (Lipinski definition) is 3. The first-order valence-electron chi connectivity index (χ1n) is 7.62. The van der Waals surface area contributed by atoms with Crippen molar-refractivity contribution in [2.45, 2.75) is 45.6 Å². The minimum Gasteiger partial charge on any atom is -0.381 e. The van der Waals surface area contributed by atoms with Gasteiger partial charge >= 0.3 is 0 Å². The van der Waals surface area contributed by atoms with Gasteiger partial charge in [0.1, 0.15) is 5.15 Å². The molecule has 0 spiro atoms. The van der Waals surface area contributed by atoms with E-state index in [-0.39, 0.29) is 0 Å². The Hall–Kier alpha value is -0.580. The SMILES string of the molecule is CCCNC(Cc1c(C)nn(C)c1Cl)C1CCOCC1. The van der Waals surface area contributed by atoms with Gasteiger partial charge in [-0.25, -0.2) is 0 Å². The topological polar surface area (TPSA) is 39.1 Å². The molecule has 1 saturated heterocycles. The maximum atomic E-state index is 6.38. The van der Waals surface area contributed by atoms with Crippen LogP contribution in [0, 0.1) is 12.8 Å². The van der Waals surface area contributed by atoms with Crippen molar-refractivity contribution in [3.63, 3.8) is 0 Å². The van der Waals surface area contributed by atoms with Gasteiger partial charge in [-0.05, 0) is 45.1 Å². The van der Waals surface area contributed by atoms with Gasteiger partial charge in [-0.3, -0.25) is 4.68 Å². The van der Waals surface area contributed by atoms with Crippen LogP contribution in [0.3, 0.4) is 0 Å². The van der Waals surface area contributed by atoms with Crippen molar-refractivity contribution in [3.8, 4) is 0 Å². The standard InChI is InChI=1S/C15H26ClN3O/c1-4-7-17-14(12-5-8-20-9-6-12)10-13-11(2)18-19(3)15(13)16/h12,14,17H,4-10H2,1-3H3. The molecule has 1 unspecified atom stereocenters. The van der Waals surface area contributed by atoms with Crippen LogP contribution in [-0.2, 0) is 18.2 Å². The van der Waals surface area contributed by atoms with Crippen LogP contribution in [0.2, 0.25) is 5.15 Å². The summed E-state index contributed by atoms with van der Waals surface area (Å²) in [4.78, 5) is 0. The Kier molecular flexibility index (Phi) is 5.87. The third-order valence-electron chi connectivity index (χ3n) is 4.19. The largest absolute Gasteiger partial charge is 0.381 e. The summed E-state index contributed by atoms with van der Waals surface area (Å²) in [6, 6.07) is 0.472. The van der Waals surface area contributed by atoms with Crippen molar-refractivity contribution in [1.29, 1.82) is 0 Å². The number of nitrogens with zero attached hydrogens (tertiary/aromatic N) is 2. The molecular formula is C15H26ClN3O. The Morgan fingerprint density at radius 1 is 1.45 bits per heavy atom. The Morgan fingerprint density at radius 3 is 2.70 bits per heavy atom. The zero-order chi connectivity index (χ0) is 14.5. The van der Waals surface area contributed by atoms with Crippen molar-refractivity contribution in [2.24, 2.45) is 13.0 Å². The molecule has 0 radical (unpaired) electrons. The van der Waals surface area contributed by atoms with E-state index in [4.69, 9.17) is 16.3 Å². The molecule has 1 aromatic heterocycles. The van der Waals surface area contributed by atoms with Gasteiger partial charge in [0.05, 0.1) is 5.69 Å². The van der Waals surface area contributed by atoms with E-state index in [9.17, 15) is 0 Å². The van der Waals surface area contributed by atoms with Crippen LogP contribution in [0.4, 0.5) is 0 Å². The summed E-state index contributed by atoms with van der Waals surface area (Å²) in [5.74, 6) is 0.672. The maximum Gasteiger partial charge on any atom is 0.130 e. The molecule has 114 valence electrons. The van der Waals surface area contributed by atoms with Crippen molar-refractivity contribution < 1.29 is 4.74 Å². The van der Waals surface area contributed by atoms with Gasteiger partial charge in [-0.15, -0.1) is 0 Å². The number of rotatable bonds is 6. The number of aromatic nitrogens is 2. The fourth-order valence-corrected chi connectivity index (χ4v) is 3.23. The predicted molar refractivity (Wildman–Crippen MR) is 82.3 cm³/mol. The number of halogens is 1. The zero-order valence-electron chi connectivity index (χ0n) is 12.8. The second-order valence-corrected chi connectivity index (χ2v) is 6.05. The Labute approximate surface area is 126 Å². The lowest BCUT2D eigenvalue weighted by atomic mass is 9.87. The van der Waals surface area contributed by atoms with E-state index in [2.05, 4.69) is 17.3 Å². The van der Waals surface area contributed by atoms with Gasteiger partial charge < -0.3 is 10.1 Å². The molecule has 0 amide bonds. The van der Waals surface area contributed by atoms with Crippen LogP contribution in [0.15, 0.2) is 0 Å². The summed E-state index contributed by atoms with van der Waals surface area (Å²) in [6.45, 7) is 7.07. The quantitative estimate of drug-likeness (QED) is 0.878. The average molecular weight is 300 g/mol. The van der Waals surface area contributed by atoms with Crippen molar-refractivity contribution in [2.75, 3.05) is 19.8 Å². The lowest BCUT2D eigenvalue weighted by Crippen LogP contribution is -2.41. The lowest BCUT2D eigenvalue weighted by molar-refractivity contribution is 0.0537. The molecule has 4 nitrogen and oxygen atoms in total. The van der Waals surface area contributed by atoms with E-state index in [0.717, 1.165) is 56.3 Å². The highest BCUT2D eigenvalue weighted by atomic mass is 35.5. The summed E-state index contributed by atoms with van der Waals surface area (Å²) in [5, 5.41) is 8.90. The second-order valence-electron chi connectivity index (χ2n) is 5.69. The molecule has 2 rings (SSSR count). The highest BCUT2D eigenvalue weighted by molar-refractivity contribution is 6.30. The molecule has 1 aliphatic heterocycles. The molecule has 1 N–H and O–H groups in total. The Balaban J connectivity index is 2.09. The lowest BCUT2D eigenvalue weighted by Gasteiger charge is -2.31. The molecule has 1 aliphatic rings. The van der Waals surface area contributed by atoms with Crippen molar-refractivity contribution in [1.82, 2.24) is 15.1 Å². The van der Waals surface area contributed by atoms with Crippen LogP contribution < -0.4 is 5.32 Å². The third-order valence-corrected chi connectivity index (χ3v) is 4.66. The first kappa shape index (κ1) is 15.8. The van der Waals surface area contributed by atoms with E-state index in [1.807, 2.05) is 14.0 Å². The molecule has 0 aromatic carbocycles. The molecule has 5 heteroatoms. The summed E-state index contributed by atoms with van der Waals surface area (Å²) >= 11 is 6.38. The minimum absolute atomic E-state index is 0.472. The van der Waals surface area contributed by atoms with Gasteiger partial charge in [0, 0.05) is 31.9 Å². The van der Waals surface area contributed by atoms with Crippen molar-refractivity contribution in [3.05, 3.63) is 16.4 Å². The van der Waals surface area contributed by atoms with E-state index >= 15 is 0 Å². The van der Waals surface area contributed by atoms with Gasteiger partial charge in [0.2, 0.25) is 0 Å². The predicted octanol–water partition coefficient (Wildman–Crippen LogP) is 2.72. The average Bonchev–Trinajstić information content (AvgIpc) is 2.70.